The Morgan fingerprint density at radius 2 is 2.33 bits per heavy atom. The highest BCUT2D eigenvalue weighted by Crippen LogP contribution is 2.24. The monoisotopic (exact) mass is 345 g/mol. The van der Waals surface area contributed by atoms with E-state index in [0.717, 1.165) is 17.8 Å². The Bertz CT molecular complexity index is 828. The SMILES string of the molecule is Cc1cc(F)ccc1C(N)C(=O)Nc1nc(C2=CC[NH2+]C=C2)cs1. The number of benzene rings is 1. The minimum absolute atomic E-state index is 0.348. The van der Waals surface area contributed by atoms with Crippen molar-refractivity contribution < 1.29 is 14.5 Å². The van der Waals surface area contributed by atoms with E-state index < -0.39 is 6.04 Å². The number of nitrogens with two attached hydrogens (primary N) is 2. The van der Waals surface area contributed by atoms with Gasteiger partial charge in [-0.3, -0.25) is 4.79 Å². The Kier molecular flexibility index (Phi) is 4.84. The van der Waals surface area contributed by atoms with Gasteiger partial charge in [0.25, 0.3) is 0 Å². The van der Waals surface area contributed by atoms with Gasteiger partial charge in [-0.05, 0) is 36.3 Å². The van der Waals surface area contributed by atoms with Crippen molar-refractivity contribution in [1.82, 2.24) is 4.98 Å². The molecule has 1 aliphatic rings. The molecule has 5 N–H and O–H groups in total. The third kappa shape index (κ3) is 3.59. The number of thiazole rings is 1. The van der Waals surface area contributed by atoms with Crippen LogP contribution in [0.3, 0.4) is 0 Å². The van der Waals surface area contributed by atoms with Crippen LogP contribution >= 0.6 is 11.3 Å². The molecule has 0 saturated carbocycles. The van der Waals surface area contributed by atoms with E-state index in [4.69, 9.17) is 5.73 Å². The molecular weight excluding hydrogens is 327 g/mol. The van der Waals surface area contributed by atoms with Gasteiger partial charge in [0.15, 0.2) is 5.13 Å². The van der Waals surface area contributed by atoms with Crippen LogP contribution in [-0.4, -0.2) is 17.4 Å². The molecule has 124 valence electrons. The normalized spacial score (nSPS) is 15.0. The molecule has 0 bridgehead atoms. The molecule has 1 unspecified atom stereocenters. The first-order valence-corrected chi connectivity index (χ1v) is 8.41. The van der Waals surface area contributed by atoms with E-state index >= 15 is 0 Å². The second-order valence-electron chi connectivity index (χ2n) is 5.50. The fourth-order valence-corrected chi connectivity index (χ4v) is 3.20. The zero-order valence-electron chi connectivity index (χ0n) is 13.1. The number of nitrogens with zero attached hydrogens (tertiary/aromatic N) is 1. The van der Waals surface area contributed by atoms with Crippen LogP contribution in [0.4, 0.5) is 9.52 Å². The summed E-state index contributed by atoms with van der Waals surface area (Å²) in [5.41, 5.74) is 9.10. The lowest BCUT2D eigenvalue weighted by atomic mass is 10.0. The van der Waals surface area contributed by atoms with E-state index in [0.29, 0.717) is 16.3 Å². The van der Waals surface area contributed by atoms with Crippen LogP contribution < -0.4 is 16.4 Å². The predicted octanol–water partition coefficient (Wildman–Crippen LogP) is 1.70. The molecule has 0 radical (unpaired) electrons. The summed E-state index contributed by atoms with van der Waals surface area (Å²) in [5, 5.41) is 7.18. The van der Waals surface area contributed by atoms with Crippen molar-refractivity contribution in [2.24, 2.45) is 5.73 Å². The summed E-state index contributed by atoms with van der Waals surface area (Å²) in [5.74, 6) is -0.716. The second-order valence-corrected chi connectivity index (χ2v) is 6.35. The summed E-state index contributed by atoms with van der Waals surface area (Å²) in [7, 11) is 0. The second kappa shape index (κ2) is 7.04. The number of hydrogen-bond acceptors (Lipinski definition) is 4. The fraction of sp³-hybridized carbons (Fsp3) is 0.176. The fourth-order valence-electron chi connectivity index (χ4n) is 2.48. The molecule has 5 nitrogen and oxygen atoms in total. The molecule has 1 aliphatic heterocycles. The molecule has 2 aromatic rings. The molecular formula is C17H18FN4OS+. The van der Waals surface area contributed by atoms with E-state index in [2.05, 4.69) is 21.7 Å². The molecule has 7 heteroatoms. The first-order valence-electron chi connectivity index (χ1n) is 7.53. The maximum absolute atomic E-state index is 13.2. The summed E-state index contributed by atoms with van der Waals surface area (Å²) in [6.07, 6.45) is 6.05. The van der Waals surface area contributed by atoms with Crippen molar-refractivity contribution in [2.45, 2.75) is 13.0 Å². The largest absolute Gasteiger partial charge is 0.317 e. The zero-order valence-corrected chi connectivity index (χ0v) is 13.9. The van der Waals surface area contributed by atoms with E-state index in [-0.39, 0.29) is 11.7 Å². The molecule has 1 aromatic heterocycles. The van der Waals surface area contributed by atoms with Crippen LogP contribution in [-0.2, 0) is 4.79 Å². The van der Waals surface area contributed by atoms with Crippen LogP contribution in [0.2, 0.25) is 0 Å². The Morgan fingerprint density at radius 1 is 1.50 bits per heavy atom. The maximum atomic E-state index is 13.2. The van der Waals surface area contributed by atoms with Crippen LogP contribution in [0, 0.1) is 12.7 Å². The number of halogens is 1. The van der Waals surface area contributed by atoms with Crippen molar-refractivity contribution in [3.8, 4) is 0 Å². The topological polar surface area (TPSA) is 84.6 Å². The minimum atomic E-state index is -0.874. The van der Waals surface area contributed by atoms with Gasteiger partial charge in [0.05, 0.1) is 18.4 Å². The highest BCUT2D eigenvalue weighted by molar-refractivity contribution is 7.14. The van der Waals surface area contributed by atoms with Gasteiger partial charge in [-0.25, -0.2) is 9.37 Å². The van der Waals surface area contributed by atoms with Gasteiger partial charge < -0.3 is 16.4 Å². The number of anilines is 1. The van der Waals surface area contributed by atoms with Gasteiger partial charge in [-0.15, -0.1) is 11.3 Å². The van der Waals surface area contributed by atoms with Gasteiger partial charge >= 0.3 is 0 Å². The number of carbonyl (C=O) groups is 1. The van der Waals surface area contributed by atoms with Crippen LogP contribution in [0.5, 0.6) is 0 Å². The van der Waals surface area contributed by atoms with E-state index in [1.165, 1.54) is 29.5 Å². The highest BCUT2D eigenvalue weighted by Gasteiger charge is 2.19. The first-order chi connectivity index (χ1) is 11.5. The minimum Gasteiger partial charge on any atom is -0.317 e. The number of aromatic nitrogens is 1. The van der Waals surface area contributed by atoms with Gasteiger partial charge in [-0.1, -0.05) is 6.07 Å². The summed E-state index contributed by atoms with van der Waals surface area (Å²) in [6, 6.07) is 3.33. The molecule has 1 atom stereocenters. The van der Waals surface area contributed by atoms with Gasteiger partial charge in [0, 0.05) is 17.0 Å². The molecule has 24 heavy (non-hydrogen) atoms. The molecule has 0 fully saturated rings. The number of hydrogen-bond donors (Lipinski definition) is 3. The number of rotatable bonds is 4. The Hall–Kier alpha value is -2.35. The van der Waals surface area contributed by atoms with Gasteiger partial charge in [0.1, 0.15) is 11.9 Å². The van der Waals surface area contributed by atoms with Crippen molar-refractivity contribution in [2.75, 3.05) is 11.9 Å². The Balaban J connectivity index is 1.71. The lowest BCUT2D eigenvalue weighted by Crippen LogP contribution is -2.78. The van der Waals surface area contributed by atoms with Crippen LogP contribution in [0.1, 0.15) is 22.9 Å². The molecule has 0 aliphatic carbocycles. The Morgan fingerprint density at radius 3 is 3.04 bits per heavy atom. The van der Waals surface area contributed by atoms with E-state index in [9.17, 15) is 9.18 Å². The van der Waals surface area contributed by atoms with Crippen molar-refractivity contribution in [1.29, 1.82) is 0 Å². The summed E-state index contributed by atoms with van der Waals surface area (Å²) >= 11 is 1.35. The van der Waals surface area contributed by atoms with E-state index in [1.807, 2.05) is 17.7 Å². The van der Waals surface area contributed by atoms with Crippen LogP contribution in [0.25, 0.3) is 5.57 Å². The number of nitrogens with one attached hydrogen (secondary N) is 1. The molecule has 1 amide bonds. The smallest absolute Gasteiger partial charge is 0.247 e. The van der Waals surface area contributed by atoms with Gasteiger partial charge in [0.2, 0.25) is 5.91 Å². The number of carbonyl (C=O) groups excluding carboxylic acids is 1. The molecule has 1 aromatic carbocycles. The third-order valence-corrected chi connectivity index (χ3v) is 4.52. The number of amides is 1. The summed E-state index contributed by atoms with van der Waals surface area (Å²) in [6.45, 7) is 2.60. The molecule has 3 rings (SSSR count). The average Bonchev–Trinajstić information content (AvgIpc) is 3.03. The standard InChI is InChI=1S/C17H17FN4OS/c1-10-8-12(18)2-3-13(10)15(19)16(23)22-17-21-14(9-24-17)11-4-6-20-7-5-11/h2-6,8-9,15,20H,7,19H2,1H3,(H,21,22,23)/p+1. The first kappa shape index (κ1) is 16.5. The molecule has 0 spiro atoms. The maximum Gasteiger partial charge on any atom is 0.247 e. The summed E-state index contributed by atoms with van der Waals surface area (Å²) in [4.78, 5) is 16.8. The average molecular weight is 345 g/mol. The lowest BCUT2D eigenvalue weighted by molar-refractivity contribution is -0.578. The van der Waals surface area contributed by atoms with Crippen LogP contribution in [0.15, 0.2) is 41.9 Å². The van der Waals surface area contributed by atoms with Crippen molar-refractivity contribution in [3.63, 3.8) is 0 Å². The van der Waals surface area contributed by atoms with E-state index in [1.54, 1.807) is 6.92 Å². The number of quaternary nitrogens is 1. The molecule has 2 heterocycles. The predicted molar refractivity (Wildman–Crippen MR) is 92.7 cm³/mol. The lowest BCUT2D eigenvalue weighted by Gasteiger charge is -2.13. The zero-order chi connectivity index (χ0) is 17.1. The highest BCUT2D eigenvalue weighted by atomic mass is 32.1. The van der Waals surface area contributed by atoms with Crippen molar-refractivity contribution in [3.05, 3.63) is 64.6 Å². The van der Waals surface area contributed by atoms with Crippen molar-refractivity contribution >= 4 is 27.9 Å². The van der Waals surface area contributed by atoms with Gasteiger partial charge in [-0.2, -0.15) is 0 Å². The molecule has 0 saturated heterocycles. The Labute approximate surface area is 143 Å². The third-order valence-electron chi connectivity index (χ3n) is 3.77. The number of aryl methyl sites for hydroxylation is 1. The quantitative estimate of drug-likeness (QED) is 0.788. The summed E-state index contributed by atoms with van der Waals surface area (Å²) < 4.78 is 13.2. The number of allylic oxidation sites excluding steroid dienone is 2.